The lowest BCUT2D eigenvalue weighted by atomic mass is 9.94. The van der Waals surface area contributed by atoms with E-state index in [-0.39, 0.29) is 4.92 Å². The van der Waals surface area contributed by atoms with Crippen molar-refractivity contribution in [3.63, 3.8) is 0 Å². The molecule has 0 bridgehead atoms. The average Bonchev–Trinajstić information content (AvgIpc) is 2.96. The van der Waals surface area contributed by atoms with Crippen molar-refractivity contribution in [3.8, 4) is 0 Å². The first-order chi connectivity index (χ1) is 11.1. The molecule has 120 valence electrons. The molecule has 23 heavy (non-hydrogen) atoms. The summed E-state index contributed by atoms with van der Waals surface area (Å²) in [4.78, 5) is 17.5. The van der Waals surface area contributed by atoms with Gasteiger partial charge >= 0.3 is 0 Å². The largest absolute Gasteiger partial charge is 0.267 e. The summed E-state index contributed by atoms with van der Waals surface area (Å²) in [6.07, 6.45) is 0.161. The first kappa shape index (κ1) is 15.5. The summed E-state index contributed by atoms with van der Waals surface area (Å²) >= 11 is 0. The molecule has 1 aliphatic heterocycles. The molecule has 1 fully saturated rings. The van der Waals surface area contributed by atoms with Gasteiger partial charge in [0.2, 0.25) is 0 Å². The number of anilines is 1. The summed E-state index contributed by atoms with van der Waals surface area (Å²) < 4.78 is 0. The molecular weight excluding hydrogens is 292 g/mol. The van der Waals surface area contributed by atoms with Crippen molar-refractivity contribution in [2.45, 2.75) is 38.5 Å². The molecule has 0 radical (unpaired) electrons. The van der Waals surface area contributed by atoms with Gasteiger partial charge in [-0.2, -0.15) is 0 Å². The van der Waals surface area contributed by atoms with Gasteiger partial charge < -0.3 is 0 Å². The lowest BCUT2D eigenvalue weighted by Gasteiger charge is -2.24. The zero-order valence-electron chi connectivity index (χ0n) is 13.3. The van der Waals surface area contributed by atoms with Crippen LogP contribution in [0.3, 0.4) is 0 Å². The van der Waals surface area contributed by atoms with E-state index in [0.29, 0.717) is 6.42 Å². The van der Waals surface area contributed by atoms with Gasteiger partial charge in [0.25, 0.3) is 6.04 Å². The second kappa shape index (κ2) is 6.38. The molecular formula is C18H20N2O3. The highest BCUT2D eigenvalue weighted by Gasteiger charge is 2.51. The topological polar surface area (TPSA) is 55.6 Å². The van der Waals surface area contributed by atoms with Crippen LogP contribution in [0.5, 0.6) is 0 Å². The Kier molecular flexibility index (Phi) is 4.30. The SMILES string of the molecule is CC[C@H]1ON(c2ccccc2)[C@H](c2ccc(C)cc2)[C@@H]1[N+](=O)[O-]. The Morgan fingerprint density at radius 3 is 2.35 bits per heavy atom. The highest BCUT2D eigenvalue weighted by Crippen LogP contribution is 2.40. The molecule has 5 nitrogen and oxygen atoms in total. The van der Waals surface area contributed by atoms with Crippen molar-refractivity contribution in [3.05, 3.63) is 75.8 Å². The fourth-order valence-electron chi connectivity index (χ4n) is 3.08. The number of rotatable bonds is 4. The van der Waals surface area contributed by atoms with E-state index in [0.717, 1.165) is 16.8 Å². The molecule has 0 unspecified atom stereocenters. The Morgan fingerprint density at radius 1 is 1.13 bits per heavy atom. The van der Waals surface area contributed by atoms with Crippen LogP contribution in [-0.4, -0.2) is 17.1 Å². The maximum Gasteiger partial charge on any atom is 0.267 e. The van der Waals surface area contributed by atoms with Crippen molar-refractivity contribution in [2.24, 2.45) is 0 Å². The number of hydrogen-bond acceptors (Lipinski definition) is 4. The summed E-state index contributed by atoms with van der Waals surface area (Å²) in [5, 5.41) is 13.4. The normalized spacial score (nSPS) is 23.9. The summed E-state index contributed by atoms with van der Waals surface area (Å²) in [7, 11) is 0. The second-order valence-corrected chi connectivity index (χ2v) is 5.84. The van der Waals surface area contributed by atoms with Crippen molar-refractivity contribution < 1.29 is 9.76 Å². The van der Waals surface area contributed by atoms with Crippen LogP contribution in [-0.2, 0) is 4.84 Å². The zero-order valence-corrected chi connectivity index (χ0v) is 13.3. The molecule has 0 spiro atoms. The van der Waals surface area contributed by atoms with Gasteiger partial charge in [-0.15, -0.1) is 0 Å². The van der Waals surface area contributed by atoms with Crippen LogP contribution in [0.2, 0.25) is 0 Å². The van der Waals surface area contributed by atoms with Crippen molar-refractivity contribution >= 4 is 5.69 Å². The highest BCUT2D eigenvalue weighted by molar-refractivity contribution is 5.48. The third-order valence-corrected chi connectivity index (χ3v) is 4.28. The number of aryl methyl sites for hydroxylation is 1. The minimum atomic E-state index is -0.789. The van der Waals surface area contributed by atoms with Crippen LogP contribution in [0, 0.1) is 17.0 Å². The van der Waals surface area contributed by atoms with Crippen LogP contribution in [0.15, 0.2) is 54.6 Å². The van der Waals surface area contributed by atoms with Gasteiger partial charge in [-0.05, 0) is 31.0 Å². The molecule has 0 amide bonds. The number of hydroxylamine groups is 1. The molecule has 0 saturated carbocycles. The summed E-state index contributed by atoms with van der Waals surface area (Å²) in [6, 6.07) is 16.2. The molecule has 1 aliphatic rings. The molecule has 0 aromatic heterocycles. The predicted octanol–water partition coefficient (Wildman–Crippen LogP) is 3.91. The van der Waals surface area contributed by atoms with Gasteiger partial charge in [-0.25, -0.2) is 5.06 Å². The van der Waals surface area contributed by atoms with Gasteiger partial charge in [0.1, 0.15) is 0 Å². The number of hydrogen-bond donors (Lipinski definition) is 0. The summed E-state index contributed by atoms with van der Waals surface area (Å²) in [5.74, 6) is 0. The van der Waals surface area contributed by atoms with E-state index in [2.05, 4.69) is 0 Å². The van der Waals surface area contributed by atoms with Crippen LogP contribution in [0.1, 0.15) is 30.5 Å². The van der Waals surface area contributed by atoms with Crippen molar-refractivity contribution in [1.82, 2.24) is 0 Å². The van der Waals surface area contributed by atoms with E-state index in [1.54, 1.807) is 5.06 Å². The zero-order chi connectivity index (χ0) is 16.4. The Balaban J connectivity index is 2.06. The van der Waals surface area contributed by atoms with Gasteiger partial charge in [0.15, 0.2) is 12.1 Å². The third kappa shape index (κ3) is 2.92. The van der Waals surface area contributed by atoms with E-state index in [1.165, 1.54) is 0 Å². The first-order valence-electron chi connectivity index (χ1n) is 7.83. The first-order valence-corrected chi connectivity index (χ1v) is 7.83. The second-order valence-electron chi connectivity index (χ2n) is 5.84. The van der Waals surface area contributed by atoms with Crippen LogP contribution >= 0.6 is 0 Å². The van der Waals surface area contributed by atoms with Crippen molar-refractivity contribution in [2.75, 3.05) is 5.06 Å². The van der Waals surface area contributed by atoms with Crippen LogP contribution in [0.25, 0.3) is 0 Å². The number of benzene rings is 2. The van der Waals surface area contributed by atoms with E-state index in [9.17, 15) is 10.1 Å². The maximum atomic E-state index is 11.7. The highest BCUT2D eigenvalue weighted by atomic mass is 16.7. The molecule has 1 saturated heterocycles. The van der Waals surface area contributed by atoms with E-state index < -0.39 is 18.2 Å². The number of nitro groups is 1. The minimum Gasteiger partial charge on any atom is -0.264 e. The van der Waals surface area contributed by atoms with Gasteiger partial charge in [0, 0.05) is 4.92 Å². The molecule has 5 heteroatoms. The Hall–Kier alpha value is -2.40. The van der Waals surface area contributed by atoms with E-state index in [4.69, 9.17) is 4.84 Å². The molecule has 0 aliphatic carbocycles. The molecule has 0 N–H and O–H groups in total. The fourth-order valence-corrected chi connectivity index (χ4v) is 3.08. The summed E-state index contributed by atoms with van der Waals surface area (Å²) in [6.45, 7) is 3.92. The summed E-state index contributed by atoms with van der Waals surface area (Å²) in [5.41, 5.74) is 2.86. The lowest BCUT2D eigenvalue weighted by molar-refractivity contribution is -0.529. The quantitative estimate of drug-likeness (QED) is 0.634. The average molecular weight is 312 g/mol. The minimum absolute atomic E-state index is 0.207. The van der Waals surface area contributed by atoms with Crippen LogP contribution in [0.4, 0.5) is 5.69 Å². The molecule has 3 rings (SSSR count). The number of para-hydroxylation sites is 1. The van der Waals surface area contributed by atoms with Crippen molar-refractivity contribution in [1.29, 1.82) is 0 Å². The van der Waals surface area contributed by atoms with E-state index in [1.807, 2.05) is 68.4 Å². The lowest BCUT2D eigenvalue weighted by Crippen LogP contribution is -2.34. The smallest absolute Gasteiger partial charge is 0.264 e. The van der Waals surface area contributed by atoms with Crippen LogP contribution < -0.4 is 5.06 Å². The Bertz CT molecular complexity index is 672. The Labute approximate surface area is 135 Å². The monoisotopic (exact) mass is 312 g/mol. The van der Waals surface area contributed by atoms with E-state index >= 15 is 0 Å². The van der Waals surface area contributed by atoms with Gasteiger partial charge in [0.05, 0.1) is 5.69 Å². The molecule has 1 heterocycles. The molecule has 2 aromatic rings. The predicted molar refractivity (Wildman–Crippen MR) is 88.8 cm³/mol. The maximum absolute atomic E-state index is 11.7. The molecule has 3 atom stereocenters. The number of nitrogens with zero attached hydrogens (tertiary/aromatic N) is 2. The fraction of sp³-hybridized carbons (Fsp3) is 0.333. The van der Waals surface area contributed by atoms with Gasteiger partial charge in [-0.1, -0.05) is 55.0 Å². The third-order valence-electron chi connectivity index (χ3n) is 4.28. The standard InChI is InChI=1S/C18H20N2O3/c1-3-16-18(20(21)22)17(14-11-9-13(2)10-12-14)19(23-16)15-7-5-4-6-8-15/h4-12,16-18H,3H2,1-2H3/t16-,17-,18-/m1/s1. The molecule has 2 aromatic carbocycles. The Morgan fingerprint density at radius 2 is 1.78 bits per heavy atom. The van der Waals surface area contributed by atoms with Gasteiger partial charge in [-0.3, -0.25) is 15.0 Å².